The number of carbonyl (C=O) groups is 2. The Morgan fingerprint density at radius 2 is 1.55 bits per heavy atom. The maximum Gasteiger partial charge on any atom is 0.338 e. The van der Waals surface area contributed by atoms with Crippen LogP contribution < -0.4 is 0 Å². The fraction of sp³-hybridized carbons (Fsp3) is 0.600. The van der Waals surface area contributed by atoms with Gasteiger partial charge in [-0.15, -0.1) is 0 Å². The summed E-state index contributed by atoms with van der Waals surface area (Å²) in [5, 5.41) is 0. The molecule has 0 unspecified atom stereocenters. The van der Waals surface area contributed by atoms with Crippen molar-refractivity contribution in [3.05, 3.63) is 47.5 Å². The molecule has 0 fully saturated rings. The predicted molar refractivity (Wildman–Crippen MR) is 118 cm³/mol. The van der Waals surface area contributed by atoms with E-state index in [9.17, 15) is 9.59 Å². The molecule has 0 amide bonds. The minimum Gasteiger partial charge on any atom is -0.462 e. The van der Waals surface area contributed by atoms with Crippen LogP contribution in [0.25, 0.3) is 0 Å². The molecule has 0 aliphatic carbocycles. The molecular weight excluding hydrogens is 364 g/mol. The molecule has 1 aromatic rings. The van der Waals surface area contributed by atoms with Gasteiger partial charge < -0.3 is 9.47 Å². The summed E-state index contributed by atoms with van der Waals surface area (Å²) in [6, 6.07) is 6.52. The quantitative estimate of drug-likeness (QED) is 0.185. The first-order chi connectivity index (χ1) is 14.0. The fourth-order valence-electron chi connectivity index (χ4n) is 2.95. The van der Waals surface area contributed by atoms with Crippen molar-refractivity contribution in [1.82, 2.24) is 0 Å². The normalized spacial score (nSPS) is 11.2. The van der Waals surface area contributed by atoms with Crippen LogP contribution in [0.4, 0.5) is 0 Å². The van der Waals surface area contributed by atoms with Gasteiger partial charge in [0.2, 0.25) is 0 Å². The zero-order valence-electron chi connectivity index (χ0n) is 18.5. The van der Waals surface area contributed by atoms with Crippen molar-refractivity contribution in [2.45, 2.75) is 78.6 Å². The SMILES string of the molecule is CCCCCCCC/C=C/COC(=O)c1cccc(C(=O)OCCCC(C)C)c1. The molecule has 0 heterocycles. The first-order valence-corrected chi connectivity index (χ1v) is 11.1. The summed E-state index contributed by atoms with van der Waals surface area (Å²) in [6.07, 6.45) is 14.5. The second kappa shape index (κ2) is 15.8. The number of benzene rings is 1. The summed E-state index contributed by atoms with van der Waals surface area (Å²) in [7, 11) is 0. The van der Waals surface area contributed by atoms with E-state index in [1.165, 1.54) is 44.6 Å². The summed E-state index contributed by atoms with van der Waals surface area (Å²) < 4.78 is 10.5. The van der Waals surface area contributed by atoms with Gasteiger partial charge in [0.05, 0.1) is 17.7 Å². The fourth-order valence-corrected chi connectivity index (χ4v) is 2.95. The molecule has 1 rings (SSSR count). The van der Waals surface area contributed by atoms with Gasteiger partial charge >= 0.3 is 11.9 Å². The van der Waals surface area contributed by atoms with Crippen LogP contribution in [0.1, 0.15) is 99.3 Å². The smallest absolute Gasteiger partial charge is 0.338 e. The number of ether oxygens (including phenoxy) is 2. The zero-order valence-corrected chi connectivity index (χ0v) is 18.5. The Balaban J connectivity index is 2.29. The molecule has 0 aliphatic rings. The number of allylic oxidation sites excluding steroid dienone is 1. The molecule has 0 N–H and O–H groups in total. The maximum atomic E-state index is 12.2. The van der Waals surface area contributed by atoms with Crippen LogP contribution in [-0.2, 0) is 9.47 Å². The minimum absolute atomic E-state index is 0.249. The number of unbranched alkanes of at least 4 members (excludes halogenated alkanes) is 6. The highest BCUT2D eigenvalue weighted by Crippen LogP contribution is 2.10. The van der Waals surface area contributed by atoms with E-state index >= 15 is 0 Å². The number of rotatable bonds is 15. The first-order valence-electron chi connectivity index (χ1n) is 11.1. The molecular formula is C25H38O4. The van der Waals surface area contributed by atoms with E-state index in [4.69, 9.17) is 9.47 Å². The van der Waals surface area contributed by atoms with Crippen LogP contribution >= 0.6 is 0 Å². The Labute approximate surface area is 176 Å². The third-order valence-corrected chi connectivity index (χ3v) is 4.69. The van der Waals surface area contributed by atoms with Crippen molar-refractivity contribution in [3.8, 4) is 0 Å². The third-order valence-electron chi connectivity index (χ3n) is 4.69. The van der Waals surface area contributed by atoms with Crippen LogP contribution in [0.2, 0.25) is 0 Å². The third kappa shape index (κ3) is 12.1. The second-order valence-corrected chi connectivity index (χ2v) is 7.88. The van der Waals surface area contributed by atoms with E-state index in [2.05, 4.69) is 26.8 Å². The van der Waals surface area contributed by atoms with Gasteiger partial charge in [-0.05, 0) is 49.8 Å². The molecule has 0 saturated heterocycles. The zero-order chi connectivity index (χ0) is 21.3. The molecule has 162 valence electrons. The van der Waals surface area contributed by atoms with Crippen LogP contribution in [0.15, 0.2) is 36.4 Å². The van der Waals surface area contributed by atoms with Crippen molar-refractivity contribution in [2.75, 3.05) is 13.2 Å². The first kappa shape index (κ1) is 24.9. The van der Waals surface area contributed by atoms with Crippen LogP contribution in [-0.4, -0.2) is 25.2 Å². The Kier molecular flexibility index (Phi) is 13.6. The van der Waals surface area contributed by atoms with Crippen molar-refractivity contribution >= 4 is 11.9 Å². The second-order valence-electron chi connectivity index (χ2n) is 7.88. The van der Waals surface area contributed by atoms with Crippen molar-refractivity contribution < 1.29 is 19.1 Å². The van der Waals surface area contributed by atoms with E-state index < -0.39 is 11.9 Å². The molecule has 4 heteroatoms. The van der Waals surface area contributed by atoms with Crippen LogP contribution in [0.5, 0.6) is 0 Å². The minimum atomic E-state index is -0.427. The number of carbonyl (C=O) groups excluding carboxylic acids is 2. The lowest BCUT2D eigenvalue weighted by Crippen LogP contribution is -2.10. The molecule has 0 aromatic heterocycles. The highest BCUT2D eigenvalue weighted by atomic mass is 16.5. The number of hydrogen-bond donors (Lipinski definition) is 0. The van der Waals surface area contributed by atoms with Crippen LogP contribution in [0, 0.1) is 5.92 Å². The van der Waals surface area contributed by atoms with Gasteiger partial charge in [0.1, 0.15) is 6.61 Å². The lowest BCUT2D eigenvalue weighted by atomic mass is 10.1. The number of hydrogen-bond acceptors (Lipinski definition) is 4. The maximum absolute atomic E-state index is 12.2. The van der Waals surface area contributed by atoms with Crippen molar-refractivity contribution in [1.29, 1.82) is 0 Å². The molecule has 4 nitrogen and oxygen atoms in total. The summed E-state index contributed by atoms with van der Waals surface area (Å²) >= 11 is 0. The lowest BCUT2D eigenvalue weighted by molar-refractivity contribution is 0.0494. The van der Waals surface area contributed by atoms with E-state index in [1.807, 2.05) is 6.08 Å². The molecule has 0 bridgehead atoms. The molecule has 0 spiro atoms. The molecule has 1 aromatic carbocycles. The average molecular weight is 403 g/mol. The molecule has 0 aliphatic heterocycles. The Hall–Kier alpha value is -2.10. The lowest BCUT2D eigenvalue weighted by Gasteiger charge is -2.07. The van der Waals surface area contributed by atoms with Crippen molar-refractivity contribution in [3.63, 3.8) is 0 Å². The van der Waals surface area contributed by atoms with Gasteiger partial charge in [0.15, 0.2) is 0 Å². The Morgan fingerprint density at radius 1 is 0.897 bits per heavy atom. The summed E-state index contributed by atoms with van der Waals surface area (Å²) in [4.78, 5) is 24.3. The Morgan fingerprint density at radius 3 is 2.24 bits per heavy atom. The van der Waals surface area contributed by atoms with Gasteiger partial charge in [-0.1, -0.05) is 71.1 Å². The highest BCUT2D eigenvalue weighted by Gasteiger charge is 2.12. The van der Waals surface area contributed by atoms with Gasteiger partial charge in [-0.3, -0.25) is 0 Å². The predicted octanol–water partition coefficient (Wildman–Crippen LogP) is 6.74. The summed E-state index contributed by atoms with van der Waals surface area (Å²) in [6.45, 7) is 7.15. The molecule has 29 heavy (non-hydrogen) atoms. The summed E-state index contributed by atoms with van der Waals surface area (Å²) in [5.41, 5.74) is 0.744. The summed E-state index contributed by atoms with van der Waals surface area (Å²) in [5.74, 6) is -0.238. The molecule has 0 atom stereocenters. The van der Waals surface area contributed by atoms with Crippen LogP contribution in [0.3, 0.4) is 0 Å². The molecule has 0 radical (unpaired) electrons. The van der Waals surface area contributed by atoms with Gasteiger partial charge in [-0.25, -0.2) is 9.59 Å². The topological polar surface area (TPSA) is 52.6 Å². The standard InChI is InChI=1S/C25H38O4/c1-4-5-6-7-8-9-10-11-12-18-28-24(26)22-16-13-17-23(20-22)25(27)29-19-14-15-21(2)3/h11-13,16-17,20-21H,4-10,14-15,18-19H2,1-3H3/b12-11+. The van der Waals surface area contributed by atoms with E-state index in [0.717, 1.165) is 19.3 Å². The van der Waals surface area contributed by atoms with E-state index in [1.54, 1.807) is 18.2 Å². The monoisotopic (exact) mass is 402 g/mol. The van der Waals surface area contributed by atoms with E-state index in [-0.39, 0.29) is 6.61 Å². The van der Waals surface area contributed by atoms with Crippen molar-refractivity contribution in [2.24, 2.45) is 5.92 Å². The van der Waals surface area contributed by atoms with E-state index in [0.29, 0.717) is 23.7 Å². The Bertz CT molecular complexity index is 619. The van der Waals surface area contributed by atoms with Gasteiger partial charge in [0, 0.05) is 0 Å². The average Bonchev–Trinajstić information content (AvgIpc) is 2.72. The molecule has 0 saturated carbocycles. The largest absolute Gasteiger partial charge is 0.462 e. The van der Waals surface area contributed by atoms with Gasteiger partial charge in [-0.2, -0.15) is 0 Å². The highest BCUT2D eigenvalue weighted by molar-refractivity contribution is 5.95. The number of esters is 2. The van der Waals surface area contributed by atoms with Gasteiger partial charge in [0.25, 0.3) is 0 Å².